The zero-order valence-electron chi connectivity index (χ0n) is 15.8. The third-order valence-corrected chi connectivity index (χ3v) is 6.22. The first-order chi connectivity index (χ1) is 15.0. The van der Waals surface area contributed by atoms with Crippen molar-refractivity contribution in [1.29, 1.82) is 0 Å². The van der Waals surface area contributed by atoms with E-state index in [0.717, 1.165) is 10.1 Å². The number of benzene rings is 3. The van der Waals surface area contributed by atoms with E-state index in [9.17, 15) is 9.59 Å². The number of carbonyl (C=O) groups excluding carboxylic acids is 2. The second kappa shape index (κ2) is 9.31. The minimum absolute atomic E-state index is 0.379. The lowest BCUT2D eigenvalue weighted by Crippen LogP contribution is -2.16. The minimum Gasteiger partial charge on any atom is -0.423 e. The standard InChI is InChI=1S/C23H14Cl2N2O3S/c24-16-9-7-15(8-10-16)23(29)30-17-11-5-14(6-12-17)13-26-27-22(28)21-20(25)18-3-1-2-4-19(18)31-21/h1-13H,(H,27,28)/b26-13+. The van der Waals surface area contributed by atoms with Gasteiger partial charge in [-0.2, -0.15) is 5.10 Å². The van der Waals surface area contributed by atoms with Crippen molar-refractivity contribution >= 4 is 62.7 Å². The Bertz CT molecular complexity index is 1280. The average Bonchev–Trinajstić information content (AvgIpc) is 3.12. The third kappa shape index (κ3) is 4.94. The molecule has 1 N–H and O–H groups in total. The summed E-state index contributed by atoms with van der Waals surface area (Å²) < 4.78 is 6.26. The van der Waals surface area contributed by atoms with Gasteiger partial charge in [-0.15, -0.1) is 11.3 Å². The summed E-state index contributed by atoms with van der Waals surface area (Å²) >= 11 is 13.4. The van der Waals surface area contributed by atoms with Crippen LogP contribution in [-0.2, 0) is 0 Å². The van der Waals surface area contributed by atoms with E-state index >= 15 is 0 Å². The molecule has 0 fully saturated rings. The van der Waals surface area contributed by atoms with E-state index in [1.165, 1.54) is 17.6 Å². The Hall–Kier alpha value is -3.19. The number of halogens is 2. The highest BCUT2D eigenvalue weighted by molar-refractivity contribution is 7.21. The molecule has 0 saturated carbocycles. The molecular weight excluding hydrogens is 455 g/mol. The average molecular weight is 469 g/mol. The monoisotopic (exact) mass is 468 g/mol. The normalized spacial score (nSPS) is 11.0. The van der Waals surface area contributed by atoms with Gasteiger partial charge in [0.25, 0.3) is 5.91 Å². The number of nitrogens with zero attached hydrogens (tertiary/aromatic N) is 1. The van der Waals surface area contributed by atoms with Crippen LogP contribution in [0.25, 0.3) is 10.1 Å². The molecule has 0 saturated heterocycles. The fourth-order valence-corrected chi connectivity index (χ4v) is 4.28. The van der Waals surface area contributed by atoms with Crippen LogP contribution in [0.2, 0.25) is 10.0 Å². The molecule has 154 valence electrons. The number of amides is 1. The first-order valence-corrected chi connectivity index (χ1v) is 10.7. The number of carbonyl (C=O) groups is 2. The lowest BCUT2D eigenvalue weighted by atomic mass is 10.2. The second-order valence-corrected chi connectivity index (χ2v) is 8.27. The molecule has 0 spiro atoms. The molecule has 1 aromatic heterocycles. The van der Waals surface area contributed by atoms with Gasteiger partial charge in [0, 0.05) is 15.1 Å². The van der Waals surface area contributed by atoms with Crippen LogP contribution < -0.4 is 10.2 Å². The second-order valence-electron chi connectivity index (χ2n) is 6.41. The predicted octanol–water partition coefficient (Wildman–Crippen LogP) is 6.19. The summed E-state index contributed by atoms with van der Waals surface area (Å²) in [5.74, 6) is -0.472. The fraction of sp³-hybridized carbons (Fsp3) is 0. The van der Waals surface area contributed by atoms with Crippen LogP contribution in [0.1, 0.15) is 25.6 Å². The van der Waals surface area contributed by atoms with Gasteiger partial charge in [-0.05, 0) is 60.2 Å². The SMILES string of the molecule is O=C(Oc1ccc(/C=N/NC(=O)c2sc3ccccc3c2Cl)cc1)c1ccc(Cl)cc1. The minimum atomic E-state index is -0.481. The van der Waals surface area contributed by atoms with E-state index in [4.69, 9.17) is 27.9 Å². The van der Waals surface area contributed by atoms with E-state index in [1.807, 2.05) is 24.3 Å². The molecule has 4 aromatic rings. The number of hydrogen-bond acceptors (Lipinski definition) is 5. The Kier molecular flexibility index (Phi) is 6.32. The molecule has 5 nitrogen and oxygen atoms in total. The molecule has 0 aliphatic carbocycles. The van der Waals surface area contributed by atoms with Gasteiger partial charge in [-0.1, -0.05) is 41.4 Å². The van der Waals surface area contributed by atoms with Crippen LogP contribution >= 0.6 is 34.5 Å². The van der Waals surface area contributed by atoms with Gasteiger partial charge in [-0.3, -0.25) is 4.79 Å². The Morgan fingerprint density at radius 2 is 1.65 bits per heavy atom. The summed E-state index contributed by atoms with van der Waals surface area (Å²) in [7, 11) is 0. The highest BCUT2D eigenvalue weighted by Gasteiger charge is 2.16. The van der Waals surface area contributed by atoms with E-state index in [2.05, 4.69) is 10.5 Å². The third-order valence-electron chi connectivity index (χ3n) is 4.29. The molecule has 8 heteroatoms. The summed E-state index contributed by atoms with van der Waals surface area (Å²) in [5.41, 5.74) is 3.60. The van der Waals surface area contributed by atoms with Crippen LogP contribution in [0.15, 0.2) is 77.9 Å². The summed E-state index contributed by atoms with van der Waals surface area (Å²) in [6.45, 7) is 0. The van der Waals surface area contributed by atoms with E-state index in [1.54, 1.807) is 48.5 Å². The number of hydrazone groups is 1. The van der Waals surface area contributed by atoms with E-state index in [-0.39, 0.29) is 5.91 Å². The Balaban J connectivity index is 1.37. The van der Waals surface area contributed by atoms with Crippen LogP contribution in [-0.4, -0.2) is 18.1 Å². The van der Waals surface area contributed by atoms with Crippen molar-refractivity contribution in [2.75, 3.05) is 0 Å². The van der Waals surface area contributed by atoms with Gasteiger partial charge in [0.15, 0.2) is 0 Å². The Labute approximate surface area is 191 Å². The van der Waals surface area contributed by atoms with Crippen LogP contribution in [0.3, 0.4) is 0 Å². The maximum absolute atomic E-state index is 12.4. The number of ether oxygens (including phenoxy) is 1. The van der Waals surface area contributed by atoms with Crippen LogP contribution in [0.5, 0.6) is 5.75 Å². The van der Waals surface area contributed by atoms with Crippen molar-refractivity contribution in [1.82, 2.24) is 5.43 Å². The number of rotatable bonds is 5. The lowest BCUT2D eigenvalue weighted by molar-refractivity contribution is 0.0734. The first kappa shape index (κ1) is 21.1. The van der Waals surface area contributed by atoms with Crippen molar-refractivity contribution in [2.45, 2.75) is 0 Å². The van der Waals surface area contributed by atoms with Crippen molar-refractivity contribution in [2.24, 2.45) is 5.10 Å². The van der Waals surface area contributed by atoms with Crippen molar-refractivity contribution in [3.05, 3.63) is 98.8 Å². The summed E-state index contributed by atoms with van der Waals surface area (Å²) in [6.07, 6.45) is 1.49. The number of esters is 1. The molecule has 0 aliphatic heterocycles. The molecule has 0 aliphatic rings. The predicted molar refractivity (Wildman–Crippen MR) is 125 cm³/mol. The van der Waals surface area contributed by atoms with Gasteiger partial charge in [0.2, 0.25) is 0 Å². The highest BCUT2D eigenvalue weighted by atomic mass is 35.5. The maximum Gasteiger partial charge on any atom is 0.343 e. The molecule has 31 heavy (non-hydrogen) atoms. The molecule has 0 radical (unpaired) electrons. The summed E-state index contributed by atoms with van der Waals surface area (Å²) in [4.78, 5) is 24.9. The number of hydrogen-bond donors (Lipinski definition) is 1. The van der Waals surface area contributed by atoms with Crippen molar-refractivity contribution < 1.29 is 14.3 Å². The summed E-state index contributed by atoms with van der Waals surface area (Å²) in [6, 6.07) is 20.7. The van der Waals surface area contributed by atoms with Crippen LogP contribution in [0.4, 0.5) is 0 Å². The summed E-state index contributed by atoms with van der Waals surface area (Å²) in [5, 5.41) is 5.78. The van der Waals surface area contributed by atoms with Gasteiger partial charge in [-0.25, -0.2) is 10.2 Å². The Morgan fingerprint density at radius 1 is 0.935 bits per heavy atom. The molecule has 4 rings (SSSR count). The maximum atomic E-state index is 12.4. The van der Waals surface area contributed by atoms with Gasteiger partial charge >= 0.3 is 5.97 Å². The smallest absolute Gasteiger partial charge is 0.343 e. The number of thiophene rings is 1. The van der Waals surface area contributed by atoms with E-state index < -0.39 is 5.97 Å². The quantitative estimate of drug-likeness (QED) is 0.164. The fourth-order valence-electron chi connectivity index (χ4n) is 2.75. The molecule has 0 atom stereocenters. The van der Waals surface area contributed by atoms with Gasteiger partial charge in [0.1, 0.15) is 10.6 Å². The molecule has 3 aromatic carbocycles. The molecule has 1 amide bonds. The lowest BCUT2D eigenvalue weighted by Gasteiger charge is -2.04. The highest BCUT2D eigenvalue weighted by Crippen LogP contribution is 2.34. The number of nitrogens with one attached hydrogen (secondary N) is 1. The zero-order valence-corrected chi connectivity index (χ0v) is 18.2. The first-order valence-electron chi connectivity index (χ1n) is 9.09. The molecule has 1 heterocycles. The molecular formula is C23H14Cl2N2O3S. The topological polar surface area (TPSA) is 67.8 Å². The zero-order chi connectivity index (χ0) is 21.8. The molecule has 0 unspecified atom stereocenters. The number of fused-ring (bicyclic) bond motifs is 1. The van der Waals surface area contributed by atoms with E-state index in [0.29, 0.717) is 31.8 Å². The Morgan fingerprint density at radius 3 is 2.35 bits per heavy atom. The largest absolute Gasteiger partial charge is 0.423 e. The molecule has 0 bridgehead atoms. The van der Waals surface area contributed by atoms with Gasteiger partial charge < -0.3 is 4.74 Å². The van der Waals surface area contributed by atoms with Crippen molar-refractivity contribution in [3.8, 4) is 5.75 Å². The van der Waals surface area contributed by atoms with Crippen molar-refractivity contribution in [3.63, 3.8) is 0 Å². The van der Waals surface area contributed by atoms with Crippen LogP contribution in [0, 0.1) is 0 Å². The van der Waals surface area contributed by atoms with Gasteiger partial charge in [0.05, 0.1) is 16.8 Å².